The second-order valence-electron chi connectivity index (χ2n) is 6.77. The first kappa shape index (κ1) is 17.7. The first-order valence-corrected chi connectivity index (χ1v) is 9.12. The van der Waals surface area contributed by atoms with Gasteiger partial charge in [-0.2, -0.15) is 0 Å². The zero-order valence-electron chi connectivity index (χ0n) is 15.8. The lowest BCUT2D eigenvalue weighted by Gasteiger charge is -2.21. The molecule has 138 valence electrons. The van der Waals surface area contributed by atoms with Crippen molar-refractivity contribution in [1.82, 2.24) is 0 Å². The summed E-state index contributed by atoms with van der Waals surface area (Å²) in [6, 6.07) is 26.3. The minimum atomic E-state index is -0.321. The van der Waals surface area contributed by atoms with E-state index in [4.69, 9.17) is 0 Å². The summed E-state index contributed by atoms with van der Waals surface area (Å²) in [5.41, 5.74) is 4.04. The fraction of sp³-hybridized carbons (Fsp3) is 0.0833. The summed E-state index contributed by atoms with van der Waals surface area (Å²) in [5.74, 6) is -0.629. The van der Waals surface area contributed by atoms with Crippen LogP contribution in [0.2, 0.25) is 0 Å². The molecule has 0 atom stereocenters. The van der Waals surface area contributed by atoms with Crippen LogP contribution in [0.15, 0.2) is 90.6 Å². The highest BCUT2D eigenvalue weighted by Crippen LogP contribution is 2.35. The Kier molecular flexibility index (Phi) is 4.53. The molecule has 0 aromatic heterocycles. The number of rotatable bonds is 4. The van der Waals surface area contributed by atoms with Crippen molar-refractivity contribution in [3.8, 4) is 0 Å². The molecule has 1 aliphatic heterocycles. The van der Waals surface area contributed by atoms with Crippen LogP contribution in [0.4, 0.5) is 11.4 Å². The van der Waals surface area contributed by atoms with Crippen molar-refractivity contribution in [2.45, 2.75) is 6.92 Å². The molecule has 0 aliphatic carbocycles. The summed E-state index contributed by atoms with van der Waals surface area (Å²) in [6.07, 6.45) is 0. The number of hydrogen-bond acceptors (Lipinski definition) is 3. The quantitative estimate of drug-likeness (QED) is 0.640. The molecule has 0 fully saturated rings. The lowest BCUT2D eigenvalue weighted by molar-refractivity contribution is -0.120. The van der Waals surface area contributed by atoms with Crippen LogP contribution >= 0.6 is 0 Å². The Balaban J connectivity index is 1.88. The second-order valence-corrected chi connectivity index (χ2v) is 6.77. The van der Waals surface area contributed by atoms with Gasteiger partial charge in [-0.15, -0.1) is 0 Å². The molecule has 0 radical (unpaired) electrons. The van der Waals surface area contributed by atoms with Gasteiger partial charge in [-0.25, -0.2) is 4.90 Å². The molecule has 2 amide bonds. The number of nitrogens with zero attached hydrogens (tertiary/aromatic N) is 2. The molecule has 0 N–H and O–H groups in total. The molecule has 4 nitrogen and oxygen atoms in total. The van der Waals surface area contributed by atoms with Crippen LogP contribution in [0.25, 0.3) is 5.57 Å². The Bertz CT molecular complexity index is 1050. The lowest BCUT2D eigenvalue weighted by Crippen LogP contribution is -2.34. The van der Waals surface area contributed by atoms with Crippen LogP contribution in [0.1, 0.15) is 11.1 Å². The molecule has 28 heavy (non-hydrogen) atoms. The molecule has 1 aliphatic rings. The van der Waals surface area contributed by atoms with Crippen molar-refractivity contribution < 1.29 is 9.59 Å². The SMILES string of the molecule is Cc1ccc(C2=C(N(C)c3ccccc3)C(=O)N(c3ccccc3)C2=O)cc1. The average Bonchev–Trinajstić information content (AvgIpc) is 2.99. The normalized spacial score (nSPS) is 14.0. The molecule has 0 bridgehead atoms. The number of aryl methyl sites for hydroxylation is 1. The minimum absolute atomic E-state index is 0.308. The Morgan fingerprint density at radius 1 is 0.714 bits per heavy atom. The van der Waals surface area contributed by atoms with E-state index in [1.165, 1.54) is 4.90 Å². The predicted octanol–water partition coefficient (Wildman–Crippen LogP) is 4.42. The third-order valence-electron chi connectivity index (χ3n) is 4.89. The van der Waals surface area contributed by atoms with Gasteiger partial charge >= 0.3 is 0 Å². The molecule has 1 heterocycles. The molecule has 4 rings (SSSR count). The monoisotopic (exact) mass is 368 g/mol. The minimum Gasteiger partial charge on any atom is -0.339 e. The largest absolute Gasteiger partial charge is 0.339 e. The molecule has 4 heteroatoms. The molecule has 3 aromatic rings. The van der Waals surface area contributed by atoms with Gasteiger partial charge in [0, 0.05) is 12.7 Å². The van der Waals surface area contributed by atoms with Gasteiger partial charge < -0.3 is 4.90 Å². The summed E-state index contributed by atoms with van der Waals surface area (Å²) in [7, 11) is 1.82. The van der Waals surface area contributed by atoms with E-state index >= 15 is 0 Å². The zero-order chi connectivity index (χ0) is 19.7. The highest BCUT2D eigenvalue weighted by Gasteiger charge is 2.41. The molecule has 3 aromatic carbocycles. The maximum Gasteiger partial charge on any atom is 0.282 e. The maximum atomic E-state index is 13.4. The Morgan fingerprint density at radius 3 is 1.89 bits per heavy atom. The van der Waals surface area contributed by atoms with Gasteiger partial charge in [-0.3, -0.25) is 9.59 Å². The zero-order valence-corrected chi connectivity index (χ0v) is 15.8. The molecule has 0 saturated heterocycles. The van der Waals surface area contributed by atoms with Crippen molar-refractivity contribution in [2.75, 3.05) is 16.8 Å². The smallest absolute Gasteiger partial charge is 0.282 e. The van der Waals surface area contributed by atoms with Crippen molar-refractivity contribution >= 4 is 28.8 Å². The van der Waals surface area contributed by atoms with Crippen molar-refractivity contribution in [1.29, 1.82) is 0 Å². The van der Waals surface area contributed by atoms with Crippen molar-refractivity contribution in [3.05, 3.63) is 102 Å². The number of carbonyl (C=O) groups is 2. The summed E-state index contributed by atoms with van der Waals surface area (Å²) >= 11 is 0. The van der Waals surface area contributed by atoms with Crippen LogP contribution < -0.4 is 9.80 Å². The van der Waals surface area contributed by atoms with E-state index in [2.05, 4.69) is 0 Å². The van der Waals surface area contributed by atoms with E-state index in [1.807, 2.05) is 86.8 Å². The van der Waals surface area contributed by atoms with E-state index in [-0.39, 0.29) is 11.8 Å². The van der Waals surface area contributed by atoms with Crippen molar-refractivity contribution in [3.63, 3.8) is 0 Å². The summed E-state index contributed by atoms with van der Waals surface area (Å²) in [4.78, 5) is 29.8. The fourth-order valence-electron chi connectivity index (χ4n) is 3.40. The Labute approximate surface area is 164 Å². The average molecular weight is 368 g/mol. The first-order chi connectivity index (χ1) is 13.6. The van der Waals surface area contributed by atoms with Crippen LogP contribution in [0, 0.1) is 6.92 Å². The number of anilines is 2. The molecule has 0 saturated carbocycles. The number of hydrogen-bond donors (Lipinski definition) is 0. The van der Waals surface area contributed by atoms with Gasteiger partial charge in [0.1, 0.15) is 5.70 Å². The second kappa shape index (κ2) is 7.16. The lowest BCUT2D eigenvalue weighted by atomic mass is 10.0. The van der Waals surface area contributed by atoms with Gasteiger partial charge in [0.15, 0.2) is 0 Å². The van der Waals surface area contributed by atoms with E-state index in [0.717, 1.165) is 16.8 Å². The van der Waals surface area contributed by atoms with Crippen LogP contribution in [0.5, 0.6) is 0 Å². The third-order valence-corrected chi connectivity index (χ3v) is 4.89. The highest BCUT2D eigenvalue weighted by atomic mass is 16.2. The summed E-state index contributed by atoms with van der Waals surface area (Å²) in [6.45, 7) is 1.99. The number of likely N-dealkylation sites (N-methyl/N-ethyl adjacent to an activating group) is 1. The number of imide groups is 1. The highest BCUT2D eigenvalue weighted by molar-refractivity contribution is 6.46. The number of benzene rings is 3. The third kappa shape index (κ3) is 2.99. The van der Waals surface area contributed by atoms with Crippen LogP contribution in [-0.4, -0.2) is 18.9 Å². The Hall–Kier alpha value is -3.66. The number of amides is 2. The summed E-state index contributed by atoms with van der Waals surface area (Å²) < 4.78 is 0. The first-order valence-electron chi connectivity index (χ1n) is 9.12. The van der Waals surface area contributed by atoms with E-state index < -0.39 is 0 Å². The van der Waals surface area contributed by atoms with E-state index in [0.29, 0.717) is 17.0 Å². The molecular formula is C24H20N2O2. The molecule has 0 spiro atoms. The predicted molar refractivity (Wildman–Crippen MR) is 112 cm³/mol. The standard InChI is InChI=1S/C24H20N2O2/c1-17-13-15-18(16-14-17)21-22(25(2)19-9-5-3-6-10-19)24(28)26(23(21)27)20-11-7-4-8-12-20/h3-16H,1-2H3. The van der Waals surface area contributed by atoms with Crippen LogP contribution in [-0.2, 0) is 9.59 Å². The van der Waals surface area contributed by atoms with Gasteiger partial charge in [-0.1, -0.05) is 66.2 Å². The topological polar surface area (TPSA) is 40.6 Å². The number of para-hydroxylation sites is 2. The maximum absolute atomic E-state index is 13.4. The van der Waals surface area contributed by atoms with Crippen molar-refractivity contribution in [2.24, 2.45) is 0 Å². The fourth-order valence-corrected chi connectivity index (χ4v) is 3.40. The Morgan fingerprint density at radius 2 is 1.29 bits per heavy atom. The van der Waals surface area contributed by atoms with E-state index in [9.17, 15) is 9.59 Å². The van der Waals surface area contributed by atoms with E-state index in [1.54, 1.807) is 17.0 Å². The van der Waals surface area contributed by atoms with Crippen LogP contribution in [0.3, 0.4) is 0 Å². The molecule has 0 unspecified atom stereocenters. The number of carbonyl (C=O) groups excluding carboxylic acids is 2. The summed E-state index contributed by atoms with van der Waals surface area (Å²) in [5, 5.41) is 0. The van der Waals surface area contributed by atoms with Gasteiger partial charge in [0.25, 0.3) is 11.8 Å². The van der Waals surface area contributed by atoms with Gasteiger partial charge in [0.05, 0.1) is 11.3 Å². The van der Waals surface area contributed by atoms with Gasteiger partial charge in [0.2, 0.25) is 0 Å². The van der Waals surface area contributed by atoms with Gasteiger partial charge in [-0.05, 0) is 36.8 Å². The molecular weight excluding hydrogens is 348 g/mol.